The molecule has 10 nitrogen and oxygen atoms in total. The highest BCUT2D eigenvalue weighted by Crippen LogP contribution is 2.23. The molecule has 0 saturated carbocycles. The first kappa shape index (κ1) is 36.6. The van der Waals surface area contributed by atoms with Crippen LogP contribution in [0, 0.1) is 20.8 Å². The van der Waals surface area contributed by atoms with Crippen molar-refractivity contribution in [2.75, 3.05) is 65.8 Å². The topological polar surface area (TPSA) is 79.0 Å². The molecule has 0 bridgehead atoms. The van der Waals surface area contributed by atoms with Crippen molar-refractivity contribution in [1.82, 2.24) is 28.9 Å². The smallest absolute Gasteiger partial charge is 0.124 e. The second-order valence-electron chi connectivity index (χ2n) is 13.8. The Morgan fingerprint density at radius 2 is 0.981 bits per heavy atom. The van der Waals surface area contributed by atoms with Gasteiger partial charge < -0.3 is 28.1 Å². The molecule has 278 valence electrons. The molecule has 2 aromatic heterocycles. The number of fused-ring (bicyclic) bond motifs is 2. The fourth-order valence-corrected chi connectivity index (χ4v) is 7.00. The van der Waals surface area contributed by atoms with Gasteiger partial charge in [-0.15, -0.1) is 0 Å². The minimum Gasteiger partial charge on any atom is -0.491 e. The number of aromatic nitrogens is 4. The number of benzene rings is 4. The Morgan fingerprint density at radius 3 is 1.53 bits per heavy atom. The summed E-state index contributed by atoms with van der Waals surface area (Å²) in [5.74, 6) is 4.12. The molecule has 2 saturated heterocycles. The van der Waals surface area contributed by atoms with Crippen LogP contribution in [-0.4, -0.2) is 94.7 Å². The predicted octanol–water partition coefficient (Wildman–Crippen LogP) is 6.82. The maximum absolute atomic E-state index is 6.10. The SMILES string of the molecule is Cc1cccc(OCCn2c(CN3CCOCC3)nc3ccccc32)c1C.Cc1ccccc1OCCn1c(CN2CCOCC2)nc2ccccc21. The van der Waals surface area contributed by atoms with E-state index in [9.17, 15) is 0 Å². The van der Waals surface area contributed by atoms with E-state index < -0.39 is 0 Å². The molecule has 2 aliphatic rings. The number of para-hydroxylation sites is 5. The molecule has 4 aromatic carbocycles. The second-order valence-corrected chi connectivity index (χ2v) is 13.8. The highest BCUT2D eigenvalue weighted by molar-refractivity contribution is 5.76. The zero-order chi connectivity index (χ0) is 36.4. The van der Waals surface area contributed by atoms with Gasteiger partial charge in [-0.05, 0) is 73.9 Å². The largest absolute Gasteiger partial charge is 0.491 e. The molecule has 0 radical (unpaired) electrons. The molecule has 0 atom stereocenters. The summed E-state index contributed by atoms with van der Waals surface area (Å²) in [5, 5.41) is 0. The maximum atomic E-state index is 6.10. The van der Waals surface area contributed by atoms with E-state index in [-0.39, 0.29) is 0 Å². The number of aryl methyl sites for hydroxylation is 2. The quantitative estimate of drug-likeness (QED) is 0.137. The average molecular weight is 717 g/mol. The number of hydrogen-bond donors (Lipinski definition) is 0. The van der Waals surface area contributed by atoms with E-state index in [0.717, 1.165) is 119 Å². The van der Waals surface area contributed by atoms with Crippen molar-refractivity contribution in [3.8, 4) is 11.5 Å². The normalized spacial score (nSPS) is 15.4. The van der Waals surface area contributed by atoms with Crippen LogP contribution in [0.4, 0.5) is 0 Å². The van der Waals surface area contributed by atoms with Crippen molar-refractivity contribution in [3.05, 3.63) is 119 Å². The van der Waals surface area contributed by atoms with Crippen molar-refractivity contribution in [3.63, 3.8) is 0 Å². The van der Waals surface area contributed by atoms with Crippen molar-refractivity contribution in [1.29, 1.82) is 0 Å². The Bertz CT molecular complexity index is 2080. The van der Waals surface area contributed by atoms with Gasteiger partial charge in [0, 0.05) is 26.2 Å². The molecule has 2 aliphatic heterocycles. The van der Waals surface area contributed by atoms with Crippen LogP contribution in [0.2, 0.25) is 0 Å². The highest BCUT2D eigenvalue weighted by Gasteiger charge is 2.18. The van der Waals surface area contributed by atoms with Crippen molar-refractivity contribution < 1.29 is 18.9 Å². The summed E-state index contributed by atoms with van der Waals surface area (Å²) in [7, 11) is 0. The van der Waals surface area contributed by atoms with Gasteiger partial charge in [-0.25, -0.2) is 9.97 Å². The van der Waals surface area contributed by atoms with Gasteiger partial charge in [-0.2, -0.15) is 0 Å². The molecule has 2 fully saturated rings. The van der Waals surface area contributed by atoms with Crippen LogP contribution in [0.5, 0.6) is 11.5 Å². The van der Waals surface area contributed by atoms with Gasteiger partial charge in [-0.1, -0.05) is 54.6 Å². The Balaban J connectivity index is 0.000000164. The van der Waals surface area contributed by atoms with Crippen LogP contribution < -0.4 is 9.47 Å². The number of rotatable bonds is 12. The van der Waals surface area contributed by atoms with Crippen LogP contribution in [0.1, 0.15) is 28.3 Å². The number of imidazole rings is 2. The molecular weight excluding hydrogens is 665 g/mol. The van der Waals surface area contributed by atoms with E-state index >= 15 is 0 Å². The summed E-state index contributed by atoms with van der Waals surface area (Å²) < 4.78 is 27.7. The van der Waals surface area contributed by atoms with Crippen molar-refractivity contribution in [2.45, 2.75) is 47.0 Å². The Labute approximate surface area is 312 Å². The van der Waals surface area contributed by atoms with Crippen LogP contribution in [-0.2, 0) is 35.7 Å². The first-order valence-electron chi connectivity index (χ1n) is 18.9. The highest BCUT2D eigenvalue weighted by atomic mass is 16.5. The van der Waals surface area contributed by atoms with Gasteiger partial charge in [0.15, 0.2) is 0 Å². The van der Waals surface area contributed by atoms with Gasteiger partial charge in [-0.3, -0.25) is 9.80 Å². The molecule has 0 spiro atoms. The Kier molecular flexibility index (Phi) is 12.3. The van der Waals surface area contributed by atoms with Gasteiger partial charge in [0.1, 0.15) is 36.4 Å². The molecule has 6 aromatic rings. The first-order chi connectivity index (χ1) is 26.0. The van der Waals surface area contributed by atoms with Crippen LogP contribution in [0.25, 0.3) is 22.1 Å². The molecule has 8 rings (SSSR count). The minimum absolute atomic E-state index is 0.626. The molecule has 0 aliphatic carbocycles. The molecular formula is C43H52N6O4. The molecule has 0 N–H and O–H groups in total. The zero-order valence-corrected chi connectivity index (χ0v) is 31.4. The average Bonchev–Trinajstić information content (AvgIpc) is 3.71. The monoisotopic (exact) mass is 716 g/mol. The third-order valence-electron chi connectivity index (χ3n) is 10.2. The fourth-order valence-electron chi connectivity index (χ4n) is 7.00. The number of nitrogens with zero attached hydrogens (tertiary/aromatic N) is 6. The fraction of sp³-hybridized carbons (Fsp3) is 0.395. The lowest BCUT2D eigenvalue weighted by Crippen LogP contribution is -2.36. The molecule has 53 heavy (non-hydrogen) atoms. The molecule has 4 heterocycles. The summed E-state index contributed by atoms with van der Waals surface area (Å²) in [4.78, 5) is 14.6. The number of ether oxygens (including phenoxy) is 4. The van der Waals surface area contributed by atoms with Gasteiger partial charge in [0.05, 0.1) is 74.7 Å². The van der Waals surface area contributed by atoms with Crippen LogP contribution in [0.3, 0.4) is 0 Å². The summed E-state index contributed by atoms with van der Waals surface area (Å²) in [6.45, 7) is 17.9. The summed E-state index contributed by atoms with van der Waals surface area (Å²) in [6, 6.07) is 31.0. The third-order valence-corrected chi connectivity index (χ3v) is 10.2. The van der Waals surface area contributed by atoms with E-state index in [4.69, 9.17) is 28.9 Å². The molecule has 0 amide bonds. The lowest BCUT2D eigenvalue weighted by Gasteiger charge is -2.26. The first-order valence-corrected chi connectivity index (χ1v) is 18.9. The standard InChI is InChI=1S/C22H27N3O2.C21H25N3O2/c1-17-6-5-9-21(18(17)2)27-15-12-25-20-8-4-3-7-19(20)23-22(25)16-24-10-13-26-14-11-24;1-17-6-2-5-9-20(17)26-15-12-24-19-8-4-3-7-18(19)22-21(24)16-23-10-13-25-14-11-23/h3-9H,10-16H2,1-2H3;2-9H,10-16H2,1H3. The number of morpholine rings is 2. The molecule has 0 unspecified atom stereocenters. The zero-order valence-electron chi connectivity index (χ0n) is 31.4. The van der Waals surface area contributed by atoms with Crippen molar-refractivity contribution >= 4 is 22.1 Å². The van der Waals surface area contributed by atoms with E-state index in [0.29, 0.717) is 13.2 Å². The van der Waals surface area contributed by atoms with Gasteiger partial charge in [0.25, 0.3) is 0 Å². The number of hydrogen-bond acceptors (Lipinski definition) is 8. The van der Waals surface area contributed by atoms with Crippen molar-refractivity contribution in [2.24, 2.45) is 0 Å². The lowest BCUT2D eigenvalue weighted by atomic mass is 10.1. The van der Waals surface area contributed by atoms with E-state index in [2.05, 4.69) is 88.2 Å². The second kappa shape index (κ2) is 17.9. The summed E-state index contributed by atoms with van der Waals surface area (Å²) >= 11 is 0. The van der Waals surface area contributed by atoms with Crippen LogP contribution >= 0.6 is 0 Å². The van der Waals surface area contributed by atoms with Crippen LogP contribution in [0.15, 0.2) is 91.0 Å². The van der Waals surface area contributed by atoms with Gasteiger partial charge >= 0.3 is 0 Å². The minimum atomic E-state index is 0.626. The molecule has 10 heteroatoms. The lowest BCUT2D eigenvalue weighted by molar-refractivity contribution is 0.0325. The van der Waals surface area contributed by atoms with Gasteiger partial charge in [0.2, 0.25) is 0 Å². The maximum Gasteiger partial charge on any atom is 0.124 e. The summed E-state index contributed by atoms with van der Waals surface area (Å²) in [5.41, 5.74) is 8.07. The van der Waals surface area contributed by atoms with E-state index in [1.165, 1.54) is 22.2 Å². The van der Waals surface area contributed by atoms with E-state index in [1.807, 2.05) is 42.5 Å². The third kappa shape index (κ3) is 9.26. The Morgan fingerprint density at radius 1 is 0.528 bits per heavy atom. The summed E-state index contributed by atoms with van der Waals surface area (Å²) in [6.07, 6.45) is 0. The predicted molar refractivity (Wildman–Crippen MR) is 210 cm³/mol. The Hall–Kier alpha value is -4.74. The van der Waals surface area contributed by atoms with E-state index in [1.54, 1.807) is 0 Å².